The molecule has 1 heterocycles. The average Bonchev–Trinajstić information content (AvgIpc) is 2.29. The number of aliphatic hydroxyl groups excluding tert-OH is 1. The molecule has 0 spiro atoms. The van der Waals surface area contributed by atoms with E-state index in [2.05, 4.69) is 4.90 Å². The van der Waals surface area contributed by atoms with Gasteiger partial charge in [0, 0.05) is 13.7 Å². The van der Waals surface area contributed by atoms with Gasteiger partial charge in [0.2, 0.25) is 0 Å². The largest absolute Gasteiger partial charge is 0.481 e. The molecule has 1 unspecified atom stereocenters. The van der Waals surface area contributed by atoms with Gasteiger partial charge in [0.25, 0.3) is 0 Å². The van der Waals surface area contributed by atoms with Crippen molar-refractivity contribution in [2.24, 2.45) is 0 Å². The predicted molar refractivity (Wildman–Crippen MR) is 61.6 cm³/mol. The van der Waals surface area contributed by atoms with Crippen LogP contribution in [0.2, 0.25) is 0 Å². The van der Waals surface area contributed by atoms with Crippen molar-refractivity contribution in [3.63, 3.8) is 0 Å². The number of esters is 1. The van der Waals surface area contributed by atoms with Gasteiger partial charge in [0.1, 0.15) is 6.10 Å². The Morgan fingerprint density at radius 2 is 2.00 bits per heavy atom. The maximum atomic E-state index is 11.2. The average molecular weight is 247 g/mol. The second-order valence-corrected chi connectivity index (χ2v) is 3.91. The van der Waals surface area contributed by atoms with E-state index in [9.17, 15) is 9.59 Å². The fraction of sp³-hybridized carbons (Fsp3) is 0.818. The van der Waals surface area contributed by atoms with Crippen LogP contribution in [0.1, 0.15) is 25.7 Å². The first kappa shape index (κ1) is 15.9. The highest BCUT2D eigenvalue weighted by Crippen LogP contribution is 2.12. The fourth-order valence-corrected chi connectivity index (χ4v) is 1.67. The summed E-state index contributed by atoms with van der Waals surface area (Å²) < 4.78 is 5.17. The van der Waals surface area contributed by atoms with Crippen molar-refractivity contribution in [2.75, 3.05) is 27.2 Å². The first-order valence-electron chi connectivity index (χ1n) is 5.62. The van der Waals surface area contributed by atoms with Crippen LogP contribution in [0, 0.1) is 0 Å². The maximum absolute atomic E-state index is 11.2. The monoisotopic (exact) mass is 247 g/mol. The second kappa shape index (κ2) is 8.95. The van der Waals surface area contributed by atoms with Crippen molar-refractivity contribution in [3.05, 3.63) is 0 Å². The Hall–Kier alpha value is -1.14. The zero-order valence-electron chi connectivity index (χ0n) is 10.4. The molecule has 17 heavy (non-hydrogen) atoms. The number of carbonyl (C=O) groups excluding carboxylic acids is 1. The summed E-state index contributed by atoms with van der Waals surface area (Å²) in [6.07, 6.45) is 1.65. The fourth-order valence-electron chi connectivity index (χ4n) is 1.67. The molecule has 0 bridgehead atoms. The van der Waals surface area contributed by atoms with Crippen molar-refractivity contribution >= 4 is 11.9 Å². The van der Waals surface area contributed by atoms with E-state index < -0.39 is 11.9 Å². The number of aliphatic carboxylic acids is 1. The molecule has 1 atom stereocenters. The minimum absolute atomic E-state index is 0.0322. The van der Waals surface area contributed by atoms with Crippen molar-refractivity contribution in [1.29, 1.82) is 0 Å². The second-order valence-electron chi connectivity index (χ2n) is 3.91. The van der Waals surface area contributed by atoms with E-state index in [4.69, 9.17) is 14.9 Å². The number of hydrogen-bond donors (Lipinski definition) is 2. The summed E-state index contributed by atoms with van der Waals surface area (Å²) in [4.78, 5) is 23.6. The van der Waals surface area contributed by atoms with E-state index in [1.807, 2.05) is 7.05 Å². The van der Waals surface area contributed by atoms with Gasteiger partial charge in [0.15, 0.2) is 0 Å². The first-order chi connectivity index (χ1) is 8.08. The minimum atomic E-state index is -0.965. The van der Waals surface area contributed by atoms with Crippen LogP contribution in [0.25, 0.3) is 0 Å². The van der Waals surface area contributed by atoms with Crippen molar-refractivity contribution in [1.82, 2.24) is 4.90 Å². The lowest BCUT2D eigenvalue weighted by molar-refractivity contribution is -0.154. The molecule has 6 nitrogen and oxygen atoms in total. The predicted octanol–water partition coefficient (Wildman–Crippen LogP) is 0.0971. The zero-order chi connectivity index (χ0) is 13.3. The number of carboxylic acids is 1. The number of ether oxygens (including phenoxy) is 1. The summed E-state index contributed by atoms with van der Waals surface area (Å²) in [6.45, 7) is 1.78. The molecule has 1 aliphatic rings. The molecule has 1 rings (SSSR count). The molecule has 0 aromatic carbocycles. The van der Waals surface area contributed by atoms with E-state index in [1.54, 1.807) is 0 Å². The molecule has 1 fully saturated rings. The Kier molecular flexibility index (Phi) is 8.35. The number of carboxylic acid groups (broad SMARTS) is 1. The quantitative estimate of drug-likeness (QED) is 0.685. The number of likely N-dealkylation sites (tertiary alicyclic amines) is 1. The number of likely N-dealkylation sites (N-methyl/N-ethyl adjacent to an activating group) is 1. The molecule has 1 saturated heterocycles. The van der Waals surface area contributed by atoms with Crippen molar-refractivity contribution < 1.29 is 24.5 Å². The summed E-state index contributed by atoms with van der Waals surface area (Å²) in [5, 5.41) is 15.4. The van der Waals surface area contributed by atoms with Gasteiger partial charge in [-0.25, -0.2) is 0 Å². The minimum Gasteiger partial charge on any atom is -0.481 e. The SMILES string of the molecule is CN1CCCC(OC(=O)CCC(=O)O)C1.CO. The Bertz CT molecular complexity index is 244. The van der Waals surface area contributed by atoms with E-state index >= 15 is 0 Å². The molecule has 1 aliphatic heterocycles. The summed E-state index contributed by atoms with van der Waals surface area (Å²) in [5.41, 5.74) is 0. The molecule has 0 aromatic heterocycles. The number of carbonyl (C=O) groups is 2. The summed E-state index contributed by atoms with van der Waals surface area (Å²) in [6, 6.07) is 0. The van der Waals surface area contributed by atoms with Crippen molar-refractivity contribution in [2.45, 2.75) is 31.8 Å². The molecular formula is C11H21NO5. The molecule has 2 N–H and O–H groups in total. The van der Waals surface area contributed by atoms with Gasteiger partial charge in [-0.2, -0.15) is 0 Å². The van der Waals surface area contributed by atoms with E-state index in [-0.39, 0.29) is 18.9 Å². The standard InChI is InChI=1S/C10H17NO4.CH4O/c1-11-6-2-3-8(7-11)15-10(14)5-4-9(12)13;1-2/h8H,2-7H2,1H3,(H,12,13);2H,1H3. The van der Waals surface area contributed by atoms with Crippen LogP contribution in [-0.4, -0.2) is 60.4 Å². The number of rotatable bonds is 4. The number of aliphatic hydroxyl groups is 1. The lowest BCUT2D eigenvalue weighted by atomic mass is 10.1. The Labute approximate surface area is 101 Å². The highest BCUT2D eigenvalue weighted by molar-refractivity contribution is 5.76. The van der Waals surface area contributed by atoms with E-state index in [1.165, 1.54) is 0 Å². The Morgan fingerprint density at radius 1 is 1.35 bits per heavy atom. The van der Waals surface area contributed by atoms with Crippen LogP contribution >= 0.6 is 0 Å². The van der Waals surface area contributed by atoms with Crippen molar-refractivity contribution in [3.8, 4) is 0 Å². The van der Waals surface area contributed by atoms with Crippen LogP contribution in [-0.2, 0) is 14.3 Å². The van der Waals surface area contributed by atoms with Gasteiger partial charge in [-0.3, -0.25) is 9.59 Å². The molecule has 0 aliphatic carbocycles. The number of piperidine rings is 1. The van der Waals surface area contributed by atoms with Gasteiger partial charge in [0.05, 0.1) is 12.8 Å². The first-order valence-corrected chi connectivity index (χ1v) is 5.62. The Balaban J connectivity index is 0.00000121. The van der Waals surface area contributed by atoms with Crippen LogP contribution in [0.15, 0.2) is 0 Å². The lowest BCUT2D eigenvalue weighted by Crippen LogP contribution is -2.38. The van der Waals surface area contributed by atoms with Gasteiger partial charge in [-0.15, -0.1) is 0 Å². The summed E-state index contributed by atoms with van der Waals surface area (Å²) >= 11 is 0. The van der Waals surface area contributed by atoms with E-state index in [0.29, 0.717) is 0 Å². The molecule has 0 radical (unpaired) electrons. The molecule has 0 aromatic rings. The smallest absolute Gasteiger partial charge is 0.306 e. The molecular weight excluding hydrogens is 226 g/mol. The van der Waals surface area contributed by atoms with Crippen LogP contribution < -0.4 is 0 Å². The zero-order valence-corrected chi connectivity index (χ0v) is 10.4. The van der Waals surface area contributed by atoms with Crippen LogP contribution in [0.5, 0.6) is 0 Å². The van der Waals surface area contributed by atoms with Gasteiger partial charge < -0.3 is 19.8 Å². The normalized spacial score (nSPS) is 20.1. The third kappa shape index (κ3) is 7.70. The maximum Gasteiger partial charge on any atom is 0.306 e. The van der Waals surface area contributed by atoms with Crippen LogP contribution in [0.4, 0.5) is 0 Å². The molecule has 100 valence electrons. The highest BCUT2D eigenvalue weighted by Gasteiger charge is 2.20. The molecule has 0 saturated carbocycles. The lowest BCUT2D eigenvalue weighted by Gasteiger charge is -2.29. The third-order valence-corrected chi connectivity index (χ3v) is 2.42. The summed E-state index contributed by atoms with van der Waals surface area (Å²) in [5.74, 6) is -1.37. The van der Waals surface area contributed by atoms with E-state index in [0.717, 1.165) is 33.0 Å². The molecule has 0 amide bonds. The molecule has 6 heteroatoms. The van der Waals surface area contributed by atoms with Gasteiger partial charge >= 0.3 is 11.9 Å². The number of hydrogen-bond acceptors (Lipinski definition) is 5. The third-order valence-electron chi connectivity index (χ3n) is 2.42. The Morgan fingerprint density at radius 3 is 2.53 bits per heavy atom. The highest BCUT2D eigenvalue weighted by atomic mass is 16.5. The van der Waals surface area contributed by atoms with Gasteiger partial charge in [-0.1, -0.05) is 0 Å². The van der Waals surface area contributed by atoms with Crippen LogP contribution in [0.3, 0.4) is 0 Å². The topological polar surface area (TPSA) is 87.1 Å². The van der Waals surface area contributed by atoms with Gasteiger partial charge in [-0.05, 0) is 26.4 Å². The number of nitrogens with zero attached hydrogens (tertiary/aromatic N) is 1. The summed E-state index contributed by atoms with van der Waals surface area (Å²) in [7, 11) is 2.98.